The van der Waals surface area contributed by atoms with Gasteiger partial charge >= 0.3 is 6.09 Å². The van der Waals surface area contributed by atoms with Crippen LogP contribution in [-0.4, -0.2) is 42.9 Å². The highest BCUT2D eigenvalue weighted by Gasteiger charge is 2.28. The molecule has 0 saturated heterocycles. The van der Waals surface area contributed by atoms with Crippen LogP contribution in [0.15, 0.2) is 35.1 Å². The number of nitrogens with zero attached hydrogens (tertiary/aromatic N) is 1. The first-order valence-electron chi connectivity index (χ1n) is 10.4. The number of alkyl carbamates (subject to hydrolysis) is 1. The van der Waals surface area contributed by atoms with Gasteiger partial charge in [0.15, 0.2) is 0 Å². The SMILES string of the molecule is CN=CC(=CN)Nc1cc(N[C@@H]2CCCC[C@@H]2NC(=O)OC(C)(C)C)ccc1C(N)=O. The van der Waals surface area contributed by atoms with E-state index >= 15 is 0 Å². The molecule has 9 heteroatoms. The molecule has 2 rings (SSSR count). The number of amides is 2. The van der Waals surface area contributed by atoms with Gasteiger partial charge in [-0.15, -0.1) is 0 Å². The summed E-state index contributed by atoms with van der Waals surface area (Å²) in [6, 6.07) is 5.21. The molecule has 0 aromatic heterocycles. The zero-order valence-corrected chi connectivity index (χ0v) is 18.7. The lowest BCUT2D eigenvalue weighted by atomic mass is 9.90. The molecule has 0 spiro atoms. The number of carbonyl (C=O) groups is 2. The Bertz CT molecular complexity index is 844. The van der Waals surface area contributed by atoms with Gasteiger partial charge in [-0.2, -0.15) is 0 Å². The smallest absolute Gasteiger partial charge is 0.407 e. The number of primary amides is 1. The highest BCUT2D eigenvalue weighted by molar-refractivity contribution is 6.00. The molecule has 1 aromatic carbocycles. The first-order valence-corrected chi connectivity index (χ1v) is 10.4. The third kappa shape index (κ3) is 7.51. The summed E-state index contributed by atoms with van der Waals surface area (Å²) < 4.78 is 5.41. The second-order valence-electron chi connectivity index (χ2n) is 8.55. The van der Waals surface area contributed by atoms with Crippen molar-refractivity contribution < 1.29 is 14.3 Å². The molecule has 1 fully saturated rings. The maximum absolute atomic E-state index is 12.3. The van der Waals surface area contributed by atoms with Gasteiger partial charge in [0.1, 0.15) is 5.60 Å². The van der Waals surface area contributed by atoms with Gasteiger partial charge in [0, 0.05) is 31.2 Å². The molecule has 7 N–H and O–H groups in total. The van der Waals surface area contributed by atoms with E-state index in [2.05, 4.69) is 20.9 Å². The van der Waals surface area contributed by atoms with Crippen LogP contribution in [0.2, 0.25) is 0 Å². The van der Waals surface area contributed by atoms with Gasteiger partial charge in [0.2, 0.25) is 0 Å². The molecule has 0 bridgehead atoms. The van der Waals surface area contributed by atoms with Crippen LogP contribution in [0, 0.1) is 0 Å². The van der Waals surface area contributed by atoms with E-state index in [0.29, 0.717) is 16.9 Å². The number of carbonyl (C=O) groups excluding carboxylic acids is 2. The van der Waals surface area contributed by atoms with Crippen LogP contribution in [0.25, 0.3) is 0 Å². The maximum Gasteiger partial charge on any atom is 0.407 e. The van der Waals surface area contributed by atoms with E-state index in [1.165, 1.54) is 6.20 Å². The molecule has 0 aliphatic heterocycles. The van der Waals surface area contributed by atoms with Crippen molar-refractivity contribution in [2.75, 3.05) is 17.7 Å². The number of benzene rings is 1. The molecule has 1 aliphatic carbocycles. The Balaban J connectivity index is 2.19. The van der Waals surface area contributed by atoms with Crippen molar-refractivity contribution >= 4 is 29.6 Å². The van der Waals surface area contributed by atoms with Crippen LogP contribution in [0.1, 0.15) is 56.8 Å². The minimum absolute atomic E-state index is 0.0234. The number of allylic oxidation sites excluding steroid dienone is 1. The van der Waals surface area contributed by atoms with Crippen molar-refractivity contribution in [2.45, 2.75) is 64.1 Å². The fraction of sp³-hybridized carbons (Fsp3) is 0.500. The van der Waals surface area contributed by atoms with E-state index in [-0.39, 0.29) is 12.1 Å². The molecular formula is C22H34N6O3. The predicted octanol–water partition coefficient (Wildman–Crippen LogP) is 2.95. The minimum Gasteiger partial charge on any atom is -0.444 e. The van der Waals surface area contributed by atoms with Crippen molar-refractivity contribution in [3.8, 4) is 0 Å². The van der Waals surface area contributed by atoms with E-state index in [9.17, 15) is 9.59 Å². The van der Waals surface area contributed by atoms with Crippen molar-refractivity contribution in [1.82, 2.24) is 5.32 Å². The lowest BCUT2D eigenvalue weighted by molar-refractivity contribution is 0.0488. The molecular weight excluding hydrogens is 396 g/mol. The number of aliphatic imine (C=N–C) groups is 1. The van der Waals surface area contributed by atoms with Crippen LogP contribution in [-0.2, 0) is 4.74 Å². The second-order valence-corrected chi connectivity index (χ2v) is 8.55. The van der Waals surface area contributed by atoms with Crippen LogP contribution in [0.5, 0.6) is 0 Å². The summed E-state index contributed by atoms with van der Waals surface area (Å²) in [6.07, 6.45) is 6.33. The molecule has 1 aliphatic rings. The molecule has 2 amide bonds. The average Bonchev–Trinajstić information content (AvgIpc) is 2.67. The molecule has 1 aromatic rings. The summed E-state index contributed by atoms with van der Waals surface area (Å²) in [5.41, 5.74) is 12.8. The molecule has 9 nitrogen and oxygen atoms in total. The van der Waals surface area contributed by atoms with Crippen LogP contribution in [0.4, 0.5) is 16.2 Å². The normalized spacial score (nSPS) is 19.7. The summed E-state index contributed by atoms with van der Waals surface area (Å²) in [5.74, 6) is -0.555. The standard InChI is InChI=1S/C22H34N6O3/c1-22(2,3)31-21(30)28-18-8-6-5-7-17(18)26-14-9-10-16(20(24)29)19(11-14)27-15(12-23)13-25-4/h9-13,17-18,26-27H,5-8,23H2,1-4H3,(H2,24,29)(H,28,30)/t17-,18+/m1/s1. The first kappa shape index (κ1) is 24.0. The zero-order chi connectivity index (χ0) is 23.0. The fourth-order valence-corrected chi connectivity index (χ4v) is 3.51. The molecule has 170 valence electrons. The Morgan fingerprint density at radius 1 is 1.19 bits per heavy atom. The third-order valence-electron chi connectivity index (χ3n) is 4.83. The van der Waals surface area contributed by atoms with Gasteiger partial charge in [-0.25, -0.2) is 4.79 Å². The number of hydrogen-bond donors (Lipinski definition) is 5. The summed E-state index contributed by atoms with van der Waals surface area (Å²) in [6.45, 7) is 5.52. The molecule has 0 unspecified atom stereocenters. The number of nitrogens with one attached hydrogen (secondary N) is 3. The Morgan fingerprint density at radius 2 is 1.87 bits per heavy atom. The van der Waals surface area contributed by atoms with Gasteiger partial charge in [0.25, 0.3) is 5.91 Å². The van der Waals surface area contributed by atoms with E-state index in [1.54, 1.807) is 31.5 Å². The molecule has 1 saturated carbocycles. The predicted molar refractivity (Wildman–Crippen MR) is 124 cm³/mol. The number of anilines is 2. The summed E-state index contributed by atoms with van der Waals surface area (Å²) in [4.78, 5) is 28.1. The van der Waals surface area contributed by atoms with Gasteiger partial charge < -0.3 is 32.2 Å². The Hall–Kier alpha value is -3.23. The summed E-state index contributed by atoms with van der Waals surface area (Å²) in [5, 5.41) is 9.56. The van der Waals surface area contributed by atoms with E-state index < -0.39 is 17.6 Å². The zero-order valence-electron chi connectivity index (χ0n) is 18.7. The lowest BCUT2D eigenvalue weighted by Gasteiger charge is -2.34. The van der Waals surface area contributed by atoms with Crippen LogP contribution >= 0.6 is 0 Å². The van der Waals surface area contributed by atoms with E-state index in [0.717, 1.165) is 31.4 Å². The number of nitrogens with two attached hydrogens (primary N) is 2. The Morgan fingerprint density at radius 3 is 2.45 bits per heavy atom. The van der Waals surface area contributed by atoms with Crippen molar-refractivity contribution in [3.05, 3.63) is 35.7 Å². The number of ether oxygens (including phenoxy) is 1. The van der Waals surface area contributed by atoms with E-state index in [1.807, 2.05) is 20.8 Å². The fourth-order valence-electron chi connectivity index (χ4n) is 3.51. The van der Waals surface area contributed by atoms with Gasteiger partial charge in [-0.1, -0.05) is 12.8 Å². The average molecular weight is 431 g/mol. The maximum atomic E-state index is 12.3. The van der Waals surface area contributed by atoms with Crippen LogP contribution < -0.4 is 27.4 Å². The van der Waals surface area contributed by atoms with Gasteiger partial charge in [-0.05, 0) is 51.8 Å². The minimum atomic E-state index is -0.555. The van der Waals surface area contributed by atoms with Gasteiger partial charge in [0.05, 0.1) is 23.0 Å². The van der Waals surface area contributed by atoms with Crippen LogP contribution in [0.3, 0.4) is 0 Å². The molecule has 0 radical (unpaired) electrons. The van der Waals surface area contributed by atoms with Crippen molar-refractivity contribution in [3.63, 3.8) is 0 Å². The van der Waals surface area contributed by atoms with Crippen molar-refractivity contribution in [1.29, 1.82) is 0 Å². The second kappa shape index (κ2) is 10.7. The highest BCUT2D eigenvalue weighted by atomic mass is 16.6. The third-order valence-corrected chi connectivity index (χ3v) is 4.83. The quantitative estimate of drug-likeness (QED) is 0.421. The summed E-state index contributed by atoms with van der Waals surface area (Å²) >= 11 is 0. The first-order chi connectivity index (χ1) is 14.6. The Kier molecular flexibility index (Phi) is 8.30. The largest absolute Gasteiger partial charge is 0.444 e. The summed E-state index contributed by atoms with van der Waals surface area (Å²) in [7, 11) is 1.62. The monoisotopic (exact) mass is 430 g/mol. The topological polar surface area (TPSA) is 144 Å². The lowest BCUT2D eigenvalue weighted by Crippen LogP contribution is -2.49. The van der Waals surface area contributed by atoms with E-state index in [4.69, 9.17) is 16.2 Å². The highest BCUT2D eigenvalue weighted by Crippen LogP contribution is 2.27. The molecule has 31 heavy (non-hydrogen) atoms. The Labute approximate surface area is 183 Å². The molecule has 2 atom stereocenters. The number of rotatable bonds is 7. The van der Waals surface area contributed by atoms with Gasteiger partial charge in [-0.3, -0.25) is 9.79 Å². The van der Waals surface area contributed by atoms with Crippen molar-refractivity contribution in [2.24, 2.45) is 16.5 Å². The number of hydrogen-bond acceptors (Lipinski definition) is 7. The molecule has 0 heterocycles.